The Labute approximate surface area is 101 Å². The average molecular weight is 237 g/mol. The molecular weight excluding hydrogens is 218 g/mol. The summed E-state index contributed by atoms with van der Waals surface area (Å²) in [7, 11) is 1.68. The third-order valence-electron chi connectivity index (χ3n) is 2.69. The lowest BCUT2D eigenvalue weighted by molar-refractivity contribution is -0.138. The Morgan fingerprint density at radius 3 is 2.53 bits per heavy atom. The molecule has 0 heterocycles. The molecule has 0 radical (unpaired) electrons. The normalized spacial score (nSPS) is 14.3. The summed E-state index contributed by atoms with van der Waals surface area (Å²) in [6.07, 6.45) is 1.32. The summed E-state index contributed by atoms with van der Waals surface area (Å²) in [5.41, 5.74) is 7.58. The first-order chi connectivity index (χ1) is 8.02. The van der Waals surface area contributed by atoms with Crippen molar-refractivity contribution < 1.29 is 14.6 Å². The zero-order chi connectivity index (χ0) is 12.8. The van der Waals surface area contributed by atoms with Crippen molar-refractivity contribution in [2.24, 2.45) is 5.73 Å². The van der Waals surface area contributed by atoms with Crippen molar-refractivity contribution in [2.75, 3.05) is 7.11 Å². The molecule has 1 aromatic rings. The van der Waals surface area contributed by atoms with Gasteiger partial charge in [0.05, 0.1) is 6.10 Å². The molecule has 0 saturated carbocycles. The molecule has 0 aliphatic rings. The fourth-order valence-electron chi connectivity index (χ4n) is 1.64. The number of rotatable bonds is 6. The van der Waals surface area contributed by atoms with Crippen LogP contribution in [0.2, 0.25) is 0 Å². The van der Waals surface area contributed by atoms with Crippen LogP contribution in [0.15, 0.2) is 24.3 Å². The smallest absolute Gasteiger partial charge is 0.320 e. The number of benzene rings is 1. The number of methoxy groups -OCH3 is 1. The molecule has 2 unspecified atom stereocenters. The highest BCUT2D eigenvalue weighted by atomic mass is 16.5. The van der Waals surface area contributed by atoms with Gasteiger partial charge in [-0.2, -0.15) is 0 Å². The predicted octanol–water partition coefficient (Wildman–Crippen LogP) is 1.22. The highest BCUT2D eigenvalue weighted by Crippen LogP contribution is 2.10. The van der Waals surface area contributed by atoms with E-state index in [-0.39, 0.29) is 6.10 Å². The Balaban J connectivity index is 2.68. The van der Waals surface area contributed by atoms with E-state index < -0.39 is 12.0 Å². The summed E-state index contributed by atoms with van der Waals surface area (Å²) in [5, 5.41) is 8.75. The van der Waals surface area contributed by atoms with Crippen molar-refractivity contribution >= 4 is 5.97 Å². The molecule has 0 fully saturated rings. The molecule has 4 nitrogen and oxygen atoms in total. The predicted molar refractivity (Wildman–Crippen MR) is 65.9 cm³/mol. The fourth-order valence-corrected chi connectivity index (χ4v) is 1.64. The molecule has 4 heteroatoms. The van der Waals surface area contributed by atoms with Gasteiger partial charge in [-0.15, -0.1) is 0 Å². The first-order valence-corrected chi connectivity index (χ1v) is 5.62. The fraction of sp³-hybridized carbons (Fsp3) is 0.462. The average Bonchev–Trinajstić information content (AvgIpc) is 2.29. The standard InChI is InChI=1S/C13H19NO3/c1-9(17-2)6-10-4-3-5-11(7-10)8-12(14)13(15)16/h3-5,7,9,12H,6,8,14H2,1-2H3,(H,15,16). The van der Waals surface area contributed by atoms with Crippen LogP contribution >= 0.6 is 0 Å². The van der Waals surface area contributed by atoms with Gasteiger partial charge in [-0.25, -0.2) is 0 Å². The Morgan fingerprint density at radius 1 is 1.41 bits per heavy atom. The largest absolute Gasteiger partial charge is 0.480 e. The number of carboxylic acids is 1. The Bertz CT molecular complexity index is 379. The number of nitrogens with two attached hydrogens (primary N) is 1. The molecule has 0 spiro atoms. The zero-order valence-corrected chi connectivity index (χ0v) is 10.2. The van der Waals surface area contributed by atoms with Crippen molar-refractivity contribution in [3.05, 3.63) is 35.4 Å². The molecule has 0 amide bonds. The van der Waals surface area contributed by atoms with Crippen molar-refractivity contribution in [1.82, 2.24) is 0 Å². The van der Waals surface area contributed by atoms with Crippen LogP contribution < -0.4 is 5.73 Å². The molecule has 1 rings (SSSR count). The van der Waals surface area contributed by atoms with Crippen LogP contribution in [0.5, 0.6) is 0 Å². The highest BCUT2D eigenvalue weighted by Gasteiger charge is 2.12. The van der Waals surface area contributed by atoms with Crippen molar-refractivity contribution in [3.63, 3.8) is 0 Å². The van der Waals surface area contributed by atoms with Gasteiger partial charge < -0.3 is 15.6 Å². The molecule has 2 atom stereocenters. The minimum atomic E-state index is -0.972. The van der Waals surface area contributed by atoms with Crippen LogP contribution in [-0.4, -0.2) is 30.3 Å². The first kappa shape index (κ1) is 13.7. The number of aliphatic carboxylic acids is 1. The maximum Gasteiger partial charge on any atom is 0.320 e. The Hall–Kier alpha value is -1.39. The van der Waals surface area contributed by atoms with Crippen LogP contribution in [0.4, 0.5) is 0 Å². The van der Waals surface area contributed by atoms with E-state index in [0.717, 1.165) is 17.5 Å². The van der Waals surface area contributed by atoms with Gasteiger partial charge in [0, 0.05) is 7.11 Å². The highest BCUT2D eigenvalue weighted by molar-refractivity contribution is 5.73. The molecule has 0 aliphatic carbocycles. The lowest BCUT2D eigenvalue weighted by Gasteiger charge is -2.11. The second kappa shape index (κ2) is 6.37. The minimum Gasteiger partial charge on any atom is -0.480 e. The van der Waals surface area contributed by atoms with Gasteiger partial charge in [0.2, 0.25) is 0 Å². The summed E-state index contributed by atoms with van der Waals surface area (Å²) in [4.78, 5) is 10.7. The summed E-state index contributed by atoms with van der Waals surface area (Å²) in [5.74, 6) is -0.972. The number of hydrogen-bond donors (Lipinski definition) is 2. The van der Waals surface area contributed by atoms with E-state index in [9.17, 15) is 4.79 Å². The second-order valence-electron chi connectivity index (χ2n) is 4.22. The molecule has 0 aromatic heterocycles. The van der Waals surface area contributed by atoms with Gasteiger partial charge in [-0.05, 0) is 30.9 Å². The number of ether oxygens (including phenoxy) is 1. The Morgan fingerprint density at radius 2 is 2.00 bits per heavy atom. The lowest BCUT2D eigenvalue weighted by Crippen LogP contribution is -2.32. The van der Waals surface area contributed by atoms with Gasteiger partial charge in [0.25, 0.3) is 0 Å². The van der Waals surface area contributed by atoms with Crippen molar-refractivity contribution in [2.45, 2.75) is 31.9 Å². The zero-order valence-electron chi connectivity index (χ0n) is 10.2. The molecule has 0 saturated heterocycles. The summed E-state index contributed by atoms with van der Waals surface area (Å²) >= 11 is 0. The molecule has 94 valence electrons. The molecule has 1 aromatic carbocycles. The van der Waals surface area contributed by atoms with E-state index in [4.69, 9.17) is 15.6 Å². The van der Waals surface area contributed by atoms with Gasteiger partial charge >= 0.3 is 5.97 Å². The van der Waals surface area contributed by atoms with E-state index in [2.05, 4.69) is 0 Å². The molecule has 0 aliphatic heterocycles. The molecule has 3 N–H and O–H groups in total. The molecule has 17 heavy (non-hydrogen) atoms. The molecule has 0 bridgehead atoms. The topological polar surface area (TPSA) is 72.5 Å². The van der Waals surface area contributed by atoms with E-state index in [1.54, 1.807) is 7.11 Å². The summed E-state index contributed by atoms with van der Waals surface area (Å²) in [6.45, 7) is 2.00. The number of carboxylic acid groups (broad SMARTS) is 1. The van der Waals surface area contributed by atoms with E-state index >= 15 is 0 Å². The SMILES string of the molecule is COC(C)Cc1cccc(CC(N)C(=O)O)c1. The van der Waals surface area contributed by atoms with Gasteiger partial charge in [-0.3, -0.25) is 4.79 Å². The maximum atomic E-state index is 10.7. The first-order valence-electron chi connectivity index (χ1n) is 5.62. The Kier molecular flexibility index (Phi) is 5.12. The molecular formula is C13H19NO3. The summed E-state index contributed by atoms with van der Waals surface area (Å²) in [6, 6.07) is 6.96. The van der Waals surface area contributed by atoms with Crippen LogP contribution in [0.25, 0.3) is 0 Å². The van der Waals surface area contributed by atoms with Gasteiger partial charge in [0.15, 0.2) is 0 Å². The lowest BCUT2D eigenvalue weighted by atomic mass is 10.0. The van der Waals surface area contributed by atoms with E-state index in [1.165, 1.54) is 0 Å². The van der Waals surface area contributed by atoms with Crippen molar-refractivity contribution in [3.8, 4) is 0 Å². The third kappa shape index (κ3) is 4.54. The van der Waals surface area contributed by atoms with E-state index in [0.29, 0.717) is 6.42 Å². The van der Waals surface area contributed by atoms with Crippen LogP contribution in [-0.2, 0) is 22.4 Å². The minimum absolute atomic E-state index is 0.151. The summed E-state index contributed by atoms with van der Waals surface area (Å²) < 4.78 is 5.19. The van der Waals surface area contributed by atoms with Crippen LogP contribution in [0.1, 0.15) is 18.1 Å². The van der Waals surface area contributed by atoms with Crippen molar-refractivity contribution in [1.29, 1.82) is 0 Å². The number of hydrogen-bond acceptors (Lipinski definition) is 3. The van der Waals surface area contributed by atoms with Gasteiger partial charge in [0.1, 0.15) is 6.04 Å². The monoisotopic (exact) mass is 237 g/mol. The van der Waals surface area contributed by atoms with E-state index in [1.807, 2.05) is 31.2 Å². The number of carbonyl (C=O) groups is 1. The van der Waals surface area contributed by atoms with Crippen LogP contribution in [0.3, 0.4) is 0 Å². The quantitative estimate of drug-likeness (QED) is 0.780. The second-order valence-corrected chi connectivity index (χ2v) is 4.22. The third-order valence-corrected chi connectivity index (χ3v) is 2.69. The van der Waals surface area contributed by atoms with Gasteiger partial charge in [-0.1, -0.05) is 24.3 Å². The maximum absolute atomic E-state index is 10.7. The van der Waals surface area contributed by atoms with Crippen LogP contribution in [0, 0.1) is 0 Å².